The van der Waals surface area contributed by atoms with Crippen LogP contribution in [0.5, 0.6) is 5.75 Å². The van der Waals surface area contributed by atoms with Crippen LogP contribution in [0.15, 0.2) is 41.4 Å². The van der Waals surface area contributed by atoms with Gasteiger partial charge in [0, 0.05) is 16.3 Å². The van der Waals surface area contributed by atoms with Crippen LogP contribution >= 0.6 is 35.3 Å². The Kier molecular flexibility index (Phi) is 8.26. The van der Waals surface area contributed by atoms with Gasteiger partial charge in [-0.3, -0.25) is 0 Å². The fraction of sp³-hybridized carbons (Fsp3) is 0.312. The van der Waals surface area contributed by atoms with Gasteiger partial charge in [-0.1, -0.05) is 6.92 Å². The topological polar surface area (TPSA) is 59.6 Å². The first-order valence-corrected chi connectivity index (χ1v) is 7.81. The maximum absolute atomic E-state index is 5.79. The van der Waals surface area contributed by atoms with Crippen molar-refractivity contribution in [1.29, 1.82) is 0 Å². The van der Waals surface area contributed by atoms with Crippen molar-refractivity contribution in [2.24, 2.45) is 10.7 Å². The van der Waals surface area contributed by atoms with Crippen molar-refractivity contribution in [2.45, 2.75) is 19.9 Å². The number of thiophene rings is 1. The summed E-state index contributed by atoms with van der Waals surface area (Å²) >= 11 is 1.73. The first-order valence-electron chi connectivity index (χ1n) is 7.00. The summed E-state index contributed by atoms with van der Waals surface area (Å²) in [6.45, 7) is 3.57. The summed E-state index contributed by atoms with van der Waals surface area (Å²) in [5.41, 5.74) is 6.98. The molecule has 0 saturated carbocycles. The molecule has 0 fully saturated rings. The van der Waals surface area contributed by atoms with Crippen LogP contribution < -0.4 is 15.8 Å². The molecule has 0 unspecified atom stereocenters. The monoisotopic (exact) mass is 431 g/mol. The number of nitrogens with two attached hydrogens (primary N) is 1. The average molecular weight is 431 g/mol. The molecule has 2 aromatic rings. The minimum Gasteiger partial charge on any atom is -0.497 e. The normalized spacial score (nSPS) is 10.9. The fourth-order valence-electron chi connectivity index (χ4n) is 1.85. The van der Waals surface area contributed by atoms with Crippen molar-refractivity contribution in [3.8, 4) is 16.2 Å². The highest BCUT2D eigenvalue weighted by molar-refractivity contribution is 14.0. The third kappa shape index (κ3) is 5.49. The smallest absolute Gasteiger partial charge is 0.188 e. The Hall–Kier alpha value is -1.28. The number of halogens is 1. The van der Waals surface area contributed by atoms with Crippen LogP contribution in [0, 0.1) is 0 Å². The molecule has 1 aromatic heterocycles. The molecule has 0 aliphatic carbocycles. The molecule has 120 valence electrons. The molecule has 2 rings (SSSR count). The number of nitrogens with zero attached hydrogens (tertiary/aromatic N) is 1. The van der Waals surface area contributed by atoms with Crippen molar-refractivity contribution in [2.75, 3.05) is 13.7 Å². The van der Waals surface area contributed by atoms with Gasteiger partial charge in [0.05, 0.1) is 13.7 Å². The molecule has 4 nitrogen and oxygen atoms in total. The molecular weight excluding hydrogens is 409 g/mol. The quantitative estimate of drug-likeness (QED) is 0.415. The second-order valence-electron chi connectivity index (χ2n) is 4.62. The van der Waals surface area contributed by atoms with E-state index in [-0.39, 0.29) is 24.0 Å². The molecule has 22 heavy (non-hydrogen) atoms. The van der Waals surface area contributed by atoms with E-state index in [1.807, 2.05) is 12.1 Å². The van der Waals surface area contributed by atoms with Crippen LogP contribution in [0.1, 0.15) is 18.2 Å². The number of methoxy groups -OCH3 is 1. The van der Waals surface area contributed by atoms with Crippen molar-refractivity contribution in [1.82, 2.24) is 5.32 Å². The number of guanidine groups is 1. The van der Waals surface area contributed by atoms with E-state index in [1.165, 1.54) is 15.3 Å². The van der Waals surface area contributed by atoms with Gasteiger partial charge in [-0.15, -0.1) is 35.3 Å². The number of hydrogen-bond donors (Lipinski definition) is 2. The Bertz CT molecular complexity index is 596. The molecule has 0 saturated heterocycles. The molecular formula is C16H22IN3OS. The van der Waals surface area contributed by atoms with Crippen molar-refractivity contribution >= 4 is 41.3 Å². The Morgan fingerprint density at radius 3 is 2.59 bits per heavy atom. The fourth-order valence-corrected chi connectivity index (χ4v) is 2.78. The Balaban J connectivity index is 0.00000242. The van der Waals surface area contributed by atoms with Gasteiger partial charge in [0.15, 0.2) is 5.96 Å². The molecule has 0 bridgehead atoms. The van der Waals surface area contributed by atoms with E-state index in [1.54, 1.807) is 18.4 Å². The van der Waals surface area contributed by atoms with E-state index in [0.29, 0.717) is 12.5 Å². The lowest BCUT2D eigenvalue weighted by Crippen LogP contribution is -2.32. The summed E-state index contributed by atoms with van der Waals surface area (Å²) in [4.78, 5) is 6.76. The summed E-state index contributed by atoms with van der Waals surface area (Å²) in [5, 5.41) is 3.07. The van der Waals surface area contributed by atoms with Crippen LogP contribution in [-0.2, 0) is 6.54 Å². The number of rotatable bonds is 6. The zero-order valence-corrected chi connectivity index (χ0v) is 16.0. The standard InChI is InChI=1S/C16H21N3OS.HI/c1-3-10-18-16(17)19-11-14-8-9-15(21-14)12-4-6-13(20-2)7-5-12;/h4-9H,3,10-11H2,1-2H3,(H3,17,18,19);1H. The van der Waals surface area contributed by atoms with Gasteiger partial charge in [0.1, 0.15) is 5.75 Å². The third-order valence-electron chi connectivity index (χ3n) is 3.00. The minimum atomic E-state index is 0. The van der Waals surface area contributed by atoms with Crippen LogP contribution in [0.25, 0.3) is 10.4 Å². The van der Waals surface area contributed by atoms with Gasteiger partial charge < -0.3 is 15.8 Å². The van der Waals surface area contributed by atoms with E-state index >= 15 is 0 Å². The lowest BCUT2D eigenvalue weighted by molar-refractivity contribution is 0.415. The number of ether oxygens (including phenoxy) is 1. The van der Waals surface area contributed by atoms with E-state index in [0.717, 1.165) is 18.7 Å². The summed E-state index contributed by atoms with van der Waals surface area (Å²) < 4.78 is 5.17. The summed E-state index contributed by atoms with van der Waals surface area (Å²) in [5.74, 6) is 1.38. The molecule has 0 aliphatic heterocycles. The van der Waals surface area contributed by atoms with E-state index in [9.17, 15) is 0 Å². The van der Waals surface area contributed by atoms with Crippen LogP contribution in [0.4, 0.5) is 0 Å². The van der Waals surface area contributed by atoms with Gasteiger partial charge >= 0.3 is 0 Å². The lowest BCUT2D eigenvalue weighted by Gasteiger charge is -2.02. The lowest BCUT2D eigenvalue weighted by atomic mass is 10.2. The second-order valence-corrected chi connectivity index (χ2v) is 5.79. The Morgan fingerprint density at radius 1 is 1.23 bits per heavy atom. The predicted octanol–water partition coefficient (Wildman–Crippen LogP) is 3.86. The van der Waals surface area contributed by atoms with E-state index in [2.05, 4.69) is 41.5 Å². The maximum Gasteiger partial charge on any atom is 0.188 e. The summed E-state index contributed by atoms with van der Waals surface area (Å²) in [7, 11) is 1.67. The van der Waals surface area contributed by atoms with E-state index in [4.69, 9.17) is 10.5 Å². The second kappa shape index (κ2) is 9.68. The van der Waals surface area contributed by atoms with Crippen molar-refractivity contribution < 1.29 is 4.74 Å². The van der Waals surface area contributed by atoms with E-state index < -0.39 is 0 Å². The number of hydrogen-bond acceptors (Lipinski definition) is 3. The molecule has 1 heterocycles. The van der Waals surface area contributed by atoms with Crippen LogP contribution in [-0.4, -0.2) is 19.6 Å². The minimum absolute atomic E-state index is 0. The third-order valence-corrected chi connectivity index (χ3v) is 4.12. The first-order chi connectivity index (χ1) is 10.2. The SMILES string of the molecule is CCCNC(N)=NCc1ccc(-c2ccc(OC)cc2)s1.I. The zero-order chi connectivity index (χ0) is 15.1. The Morgan fingerprint density at radius 2 is 1.95 bits per heavy atom. The molecule has 0 amide bonds. The van der Waals surface area contributed by atoms with Crippen LogP contribution in [0.3, 0.4) is 0 Å². The largest absolute Gasteiger partial charge is 0.497 e. The average Bonchev–Trinajstić information content (AvgIpc) is 3.00. The summed E-state index contributed by atoms with van der Waals surface area (Å²) in [6, 6.07) is 12.3. The Labute approximate surface area is 152 Å². The van der Waals surface area contributed by atoms with Gasteiger partial charge in [-0.25, -0.2) is 4.99 Å². The first kappa shape index (κ1) is 18.8. The van der Waals surface area contributed by atoms with Gasteiger partial charge in [0.2, 0.25) is 0 Å². The molecule has 6 heteroatoms. The number of aliphatic imine (C=N–C) groups is 1. The molecule has 0 spiro atoms. The molecule has 3 N–H and O–H groups in total. The van der Waals surface area contributed by atoms with Crippen molar-refractivity contribution in [3.05, 3.63) is 41.3 Å². The highest BCUT2D eigenvalue weighted by Gasteiger charge is 2.03. The number of benzene rings is 1. The highest BCUT2D eigenvalue weighted by Crippen LogP contribution is 2.29. The van der Waals surface area contributed by atoms with Gasteiger partial charge in [-0.05, 0) is 48.4 Å². The maximum atomic E-state index is 5.79. The number of nitrogens with one attached hydrogen (secondary N) is 1. The predicted molar refractivity (Wildman–Crippen MR) is 105 cm³/mol. The zero-order valence-electron chi connectivity index (χ0n) is 12.8. The van der Waals surface area contributed by atoms with Crippen molar-refractivity contribution in [3.63, 3.8) is 0 Å². The molecule has 0 atom stereocenters. The van der Waals surface area contributed by atoms with Crippen LogP contribution in [0.2, 0.25) is 0 Å². The molecule has 1 aromatic carbocycles. The summed E-state index contributed by atoms with van der Waals surface area (Å²) in [6.07, 6.45) is 1.04. The molecule has 0 aliphatic rings. The highest BCUT2D eigenvalue weighted by atomic mass is 127. The van der Waals surface area contributed by atoms with Gasteiger partial charge in [0.25, 0.3) is 0 Å². The molecule has 0 radical (unpaired) electrons. The van der Waals surface area contributed by atoms with Gasteiger partial charge in [-0.2, -0.15) is 0 Å².